The first-order valence-corrected chi connectivity index (χ1v) is 7.32. The highest BCUT2D eigenvalue weighted by molar-refractivity contribution is 6.07. The first kappa shape index (κ1) is 15.6. The predicted octanol–water partition coefficient (Wildman–Crippen LogP) is 2.06. The van der Waals surface area contributed by atoms with E-state index in [1.165, 1.54) is 17.9 Å². The molecule has 3 rings (SSSR count). The van der Waals surface area contributed by atoms with Crippen LogP contribution in [0.1, 0.15) is 39.0 Å². The van der Waals surface area contributed by atoms with Crippen molar-refractivity contribution in [2.45, 2.75) is 20.8 Å². The summed E-state index contributed by atoms with van der Waals surface area (Å²) in [5, 5.41) is 13.8. The number of benzene rings is 1. The number of hydrogen-bond donors (Lipinski definition) is 2. The zero-order valence-electron chi connectivity index (χ0n) is 13.5. The van der Waals surface area contributed by atoms with Gasteiger partial charge in [0.2, 0.25) is 0 Å². The lowest BCUT2D eigenvalue weighted by molar-refractivity contribution is 0.101. The van der Waals surface area contributed by atoms with Crippen molar-refractivity contribution in [3.63, 3.8) is 0 Å². The minimum absolute atomic E-state index is 0.0638. The number of Topliss-reactive ketones (excluding diaryl/α,β-unsaturated/α-hetero) is 1. The van der Waals surface area contributed by atoms with E-state index in [1.807, 2.05) is 0 Å². The first-order chi connectivity index (χ1) is 11.5. The number of amides is 1. The lowest BCUT2D eigenvalue weighted by Crippen LogP contribution is -2.14. The molecule has 0 aliphatic heterocycles. The molecule has 1 amide bonds. The van der Waals surface area contributed by atoms with Crippen LogP contribution < -0.4 is 5.32 Å². The molecular weight excluding hydrogens is 308 g/mol. The van der Waals surface area contributed by atoms with Gasteiger partial charge in [-0.15, -0.1) is 5.10 Å². The van der Waals surface area contributed by atoms with Gasteiger partial charge < -0.3 is 10.3 Å². The van der Waals surface area contributed by atoms with Crippen LogP contribution in [0.4, 0.5) is 5.69 Å². The molecule has 0 saturated carbocycles. The monoisotopic (exact) mass is 324 g/mol. The van der Waals surface area contributed by atoms with E-state index in [4.69, 9.17) is 0 Å². The Morgan fingerprint density at radius 3 is 2.42 bits per heavy atom. The molecule has 0 bridgehead atoms. The number of carbonyl (C=O) groups excluding carboxylic acids is 2. The second kappa shape index (κ2) is 6.07. The smallest absolute Gasteiger partial charge is 0.272 e. The molecule has 2 heterocycles. The Kier molecular flexibility index (Phi) is 3.95. The third-order valence-electron chi connectivity index (χ3n) is 3.76. The maximum Gasteiger partial charge on any atom is 0.272 e. The molecule has 0 aliphatic carbocycles. The molecule has 0 saturated heterocycles. The summed E-state index contributed by atoms with van der Waals surface area (Å²) in [5.74, 6) is -0.357. The van der Waals surface area contributed by atoms with Crippen molar-refractivity contribution < 1.29 is 9.59 Å². The Bertz CT molecular complexity index is 894. The van der Waals surface area contributed by atoms with Gasteiger partial charge in [-0.1, -0.05) is 0 Å². The summed E-state index contributed by atoms with van der Waals surface area (Å²) in [5.41, 5.74) is 3.72. The Morgan fingerprint density at radius 1 is 1.17 bits per heavy atom. The zero-order chi connectivity index (χ0) is 17.3. The van der Waals surface area contributed by atoms with Gasteiger partial charge in [-0.25, -0.2) is 4.68 Å². The number of nitrogens with one attached hydrogen (secondary N) is 2. The lowest BCUT2D eigenvalue weighted by Gasteiger charge is -2.06. The molecule has 8 nitrogen and oxygen atoms in total. The first-order valence-electron chi connectivity index (χ1n) is 7.32. The van der Waals surface area contributed by atoms with Gasteiger partial charge in [-0.2, -0.15) is 0 Å². The Balaban J connectivity index is 1.80. The maximum atomic E-state index is 12.4. The van der Waals surface area contributed by atoms with E-state index < -0.39 is 0 Å². The number of aryl methyl sites for hydroxylation is 1. The highest BCUT2D eigenvalue weighted by Crippen LogP contribution is 2.20. The van der Waals surface area contributed by atoms with Gasteiger partial charge in [0.15, 0.2) is 5.78 Å². The van der Waals surface area contributed by atoms with E-state index in [0.29, 0.717) is 28.2 Å². The number of aromatic amines is 1. The second-order valence-electron chi connectivity index (χ2n) is 5.44. The molecule has 0 atom stereocenters. The minimum Gasteiger partial charge on any atom is -0.354 e. The fourth-order valence-corrected chi connectivity index (χ4v) is 2.68. The van der Waals surface area contributed by atoms with E-state index in [0.717, 1.165) is 5.69 Å². The number of nitrogens with zero attached hydrogens (tertiary/aromatic N) is 4. The van der Waals surface area contributed by atoms with Crippen LogP contribution in [-0.2, 0) is 0 Å². The summed E-state index contributed by atoms with van der Waals surface area (Å²) in [4.78, 5) is 27.1. The molecule has 2 N–H and O–H groups in total. The van der Waals surface area contributed by atoms with E-state index in [2.05, 4.69) is 25.8 Å². The van der Waals surface area contributed by atoms with Crippen LogP contribution in [0, 0.1) is 13.8 Å². The number of H-pyrrole nitrogens is 1. The second-order valence-corrected chi connectivity index (χ2v) is 5.44. The van der Waals surface area contributed by atoms with Crippen molar-refractivity contribution in [1.29, 1.82) is 0 Å². The molecule has 24 heavy (non-hydrogen) atoms. The lowest BCUT2D eigenvalue weighted by atomic mass is 10.1. The number of carbonyl (C=O) groups is 2. The Morgan fingerprint density at radius 2 is 1.88 bits per heavy atom. The van der Waals surface area contributed by atoms with E-state index >= 15 is 0 Å². The summed E-state index contributed by atoms with van der Waals surface area (Å²) in [6.45, 7) is 5.03. The molecule has 1 aromatic carbocycles. The molecule has 8 heteroatoms. The fourth-order valence-electron chi connectivity index (χ4n) is 2.68. The van der Waals surface area contributed by atoms with Gasteiger partial charge in [0.1, 0.15) is 12.0 Å². The van der Waals surface area contributed by atoms with Crippen molar-refractivity contribution in [3.8, 4) is 5.69 Å². The van der Waals surface area contributed by atoms with Gasteiger partial charge >= 0.3 is 0 Å². The summed E-state index contributed by atoms with van der Waals surface area (Å²) in [6.07, 6.45) is 1.49. The SMILES string of the molecule is CC(=O)c1c(C)[nH]c(C(=O)Nc2ccc(-n3cnnn3)cc2)c1C. The predicted molar refractivity (Wildman–Crippen MR) is 87.4 cm³/mol. The van der Waals surface area contributed by atoms with E-state index in [9.17, 15) is 9.59 Å². The summed E-state index contributed by atoms with van der Waals surface area (Å²) in [6, 6.07) is 7.09. The number of ketones is 1. The summed E-state index contributed by atoms with van der Waals surface area (Å²) < 4.78 is 1.52. The van der Waals surface area contributed by atoms with Gasteiger partial charge in [-0.05, 0) is 61.0 Å². The van der Waals surface area contributed by atoms with Gasteiger partial charge in [0, 0.05) is 16.9 Å². The van der Waals surface area contributed by atoms with Crippen LogP contribution in [0.3, 0.4) is 0 Å². The van der Waals surface area contributed by atoms with Crippen molar-refractivity contribution >= 4 is 17.4 Å². The van der Waals surface area contributed by atoms with Crippen LogP contribution in [0.25, 0.3) is 5.69 Å². The van der Waals surface area contributed by atoms with Crippen LogP contribution in [0.15, 0.2) is 30.6 Å². The van der Waals surface area contributed by atoms with Crippen LogP contribution in [0.2, 0.25) is 0 Å². The van der Waals surface area contributed by atoms with Crippen molar-refractivity contribution in [1.82, 2.24) is 25.2 Å². The van der Waals surface area contributed by atoms with Crippen LogP contribution in [0.5, 0.6) is 0 Å². The largest absolute Gasteiger partial charge is 0.354 e. The standard InChI is InChI=1S/C16H16N6O2/c1-9-14(11(3)23)10(2)18-15(9)16(24)19-12-4-6-13(7-5-12)22-8-17-20-21-22/h4-8,18H,1-3H3,(H,19,24). The Hall–Kier alpha value is -3.29. The van der Waals surface area contributed by atoms with Gasteiger partial charge in [0.25, 0.3) is 5.91 Å². The highest BCUT2D eigenvalue weighted by Gasteiger charge is 2.19. The van der Waals surface area contributed by atoms with Crippen molar-refractivity contribution in [3.05, 3.63) is 53.1 Å². The van der Waals surface area contributed by atoms with E-state index in [-0.39, 0.29) is 11.7 Å². The van der Waals surface area contributed by atoms with Crippen molar-refractivity contribution in [2.75, 3.05) is 5.32 Å². The summed E-state index contributed by atoms with van der Waals surface area (Å²) in [7, 11) is 0. The van der Waals surface area contributed by atoms with Crippen molar-refractivity contribution in [2.24, 2.45) is 0 Å². The molecule has 0 radical (unpaired) electrons. The molecule has 2 aromatic heterocycles. The third kappa shape index (κ3) is 2.81. The minimum atomic E-state index is -0.293. The molecule has 0 aliphatic rings. The average Bonchev–Trinajstić information content (AvgIpc) is 3.16. The number of aromatic nitrogens is 5. The molecule has 122 valence electrons. The zero-order valence-corrected chi connectivity index (χ0v) is 13.5. The molecule has 0 spiro atoms. The third-order valence-corrected chi connectivity index (χ3v) is 3.76. The average molecular weight is 324 g/mol. The maximum absolute atomic E-state index is 12.4. The summed E-state index contributed by atoms with van der Waals surface area (Å²) >= 11 is 0. The van der Waals surface area contributed by atoms with E-state index in [1.54, 1.807) is 38.1 Å². The number of hydrogen-bond acceptors (Lipinski definition) is 5. The molecule has 0 fully saturated rings. The molecule has 3 aromatic rings. The van der Waals surface area contributed by atoms with Gasteiger partial charge in [0.05, 0.1) is 5.69 Å². The Labute approximate surface area is 137 Å². The van der Waals surface area contributed by atoms with Gasteiger partial charge in [-0.3, -0.25) is 9.59 Å². The normalized spacial score (nSPS) is 10.6. The van der Waals surface area contributed by atoms with Crippen LogP contribution >= 0.6 is 0 Å². The quantitative estimate of drug-likeness (QED) is 0.715. The molecular formula is C16H16N6O2. The topological polar surface area (TPSA) is 106 Å². The fraction of sp³-hybridized carbons (Fsp3) is 0.188. The number of anilines is 1. The molecule has 0 unspecified atom stereocenters. The highest BCUT2D eigenvalue weighted by atomic mass is 16.2. The number of tetrazole rings is 1. The number of rotatable bonds is 4. The van der Waals surface area contributed by atoms with Crippen LogP contribution in [-0.4, -0.2) is 36.9 Å².